The molecule has 0 saturated carbocycles. The second kappa shape index (κ2) is 11.4. The second-order valence-electron chi connectivity index (χ2n) is 9.00. The molecule has 1 saturated heterocycles. The van der Waals surface area contributed by atoms with Crippen LogP contribution in [0.5, 0.6) is 0 Å². The number of carbonyl (C=O) groups is 2. The van der Waals surface area contributed by atoms with Crippen molar-refractivity contribution in [2.45, 2.75) is 57.6 Å². The van der Waals surface area contributed by atoms with Gasteiger partial charge in [-0.25, -0.2) is 0 Å². The summed E-state index contributed by atoms with van der Waals surface area (Å²) in [4.78, 5) is 34.3. The van der Waals surface area contributed by atoms with E-state index in [9.17, 15) is 14.7 Å². The highest BCUT2D eigenvalue weighted by atomic mass is 16.3. The van der Waals surface area contributed by atoms with Crippen molar-refractivity contribution in [3.05, 3.63) is 59.4 Å². The zero-order chi connectivity index (χ0) is 23.0. The van der Waals surface area contributed by atoms with Crippen LogP contribution < -0.4 is 10.2 Å². The maximum absolute atomic E-state index is 13.5. The Balaban J connectivity index is 1.65. The van der Waals surface area contributed by atoms with E-state index in [2.05, 4.69) is 10.3 Å². The lowest BCUT2D eigenvalue weighted by atomic mass is 10.0. The van der Waals surface area contributed by atoms with E-state index in [-0.39, 0.29) is 17.9 Å². The van der Waals surface area contributed by atoms with Gasteiger partial charge in [0.2, 0.25) is 0 Å². The number of nitrogens with zero attached hydrogens (tertiary/aromatic N) is 3. The minimum Gasteiger partial charge on any atom is -0.393 e. The number of fused-ring (bicyclic) bond motifs is 1. The van der Waals surface area contributed by atoms with Gasteiger partial charge < -0.3 is 20.2 Å². The molecule has 2 aromatic rings. The smallest absolute Gasteiger partial charge is 0.258 e. The summed E-state index contributed by atoms with van der Waals surface area (Å²) in [5.41, 5.74) is 3.06. The molecule has 2 aliphatic heterocycles. The minimum absolute atomic E-state index is 0.0113. The predicted molar refractivity (Wildman–Crippen MR) is 128 cm³/mol. The number of hydrogen-bond acceptors (Lipinski definition) is 5. The summed E-state index contributed by atoms with van der Waals surface area (Å²) in [7, 11) is 0. The molecule has 0 bridgehead atoms. The number of piperidine rings is 1. The van der Waals surface area contributed by atoms with E-state index in [1.54, 1.807) is 24.5 Å². The summed E-state index contributed by atoms with van der Waals surface area (Å²) < 4.78 is 0. The van der Waals surface area contributed by atoms with E-state index in [0.717, 1.165) is 37.1 Å². The van der Waals surface area contributed by atoms with Crippen molar-refractivity contribution >= 4 is 17.5 Å². The highest BCUT2D eigenvalue weighted by molar-refractivity contribution is 6.06. The Bertz CT molecular complexity index is 942. The number of amides is 2. The fourth-order valence-electron chi connectivity index (χ4n) is 4.63. The normalized spacial score (nSPS) is 18.7. The monoisotopic (exact) mass is 450 g/mol. The zero-order valence-corrected chi connectivity index (χ0v) is 19.2. The highest BCUT2D eigenvalue weighted by Gasteiger charge is 2.25. The van der Waals surface area contributed by atoms with E-state index in [4.69, 9.17) is 0 Å². The van der Waals surface area contributed by atoms with Crippen LogP contribution >= 0.6 is 0 Å². The first-order valence-electron chi connectivity index (χ1n) is 12.2. The standard InChI is InChI=1S/C26H34N4O3/c31-23-10-16-29(17-11-23)25(32)21-6-7-24-22(18-21)19-28-12-4-2-1-3-5-15-30(24)26(33)20-8-13-27-14-9-20/h6-9,13-14,18,23,28,31H,1-5,10-12,15-17,19H2. The quantitative estimate of drug-likeness (QED) is 0.733. The second-order valence-corrected chi connectivity index (χ2v) is 9.00. The molecule has 0 radical (unpaired) electrons. The number of carbonyl (C=O) groups excluding carboxylic acids is 2. The Morgan fingerprint density at radius 1 is 0.879 bits per heavy atom. The first-order chi connectivity index (χ1) is 16.1. The number of aromatic nitrogens is 1. The van der Waals surface area contributed by atoms with E-state index >= 15 is 0 Å². The molecule has 7 heteroatoms. The molecule has 176 valence electrons. The van der Waals surface area contributed by atoms with E-state index < -0.39 is 0 Å². The van der Waals surface area contributed by atoms with Crippen molar-refractivity contribution in [2.24, 2.45) is 0 Å². The van der Waals surface area contributed by atoms with Crippen molar-refractivity contribution in [1.29, 1.82) is 0 Å². The van der Waals surface area contributed by atoms with Gasteiger partial charge in [0.1, 0.15) is 0 Å². The van der Waals surface area contributed by atoms with Gasteiger partial charge in [-0.3, -0.25) is 14.6 Å². The molecule has 1 aromatic carbocycles. The number of nitrogens with one attached hydrogen (secondary N) is 1. The van der Waals surface area contributed by atoms with Gasteiger partial charge in [-0.15, -0.1) is 0 Å². The Morgan fingerprint density at radius 2 is 1.61 bits per heavy atom. The largest absolute Gasteiger partial charge is 0.393 e. The third kappa shape index (κ3) is 5.97. The van der Waals surface area contributed by atoms with Gasteiger partial charge in [-0.1, -0.05) is 19.3 Å². The van der Waals surface area contributed by atoms with Gasteiger partial charge in [0, 0.05) is 55.4 Å². The molecule has 2 amide bonds. The summed E-state index contributed by atoms with van der Waals surface area (Å²) in [6, 6.07) is 9.20. The number of likely N-dealkylation sites (tertiary alicyclic amines) is 1. The SMILES string of the molecule is O=C(c1ccc2c(c1)CNCCCCCCCN2C(=O)c1ccncc1)N1CCC(O)CC1. The van der Waals surface area contributed by atoms with Gasteiger partial charge in [-0.05, 0) is 68.1 Å². The lowest BCUT2D eigenvalue weighted by Gasteiger charge is -2.30. The summed E-state index contributed by atoms with van der Waals surface area (Å²) in [5, 5.41) is 13.3. The number of anilines is 1. The van der Waals surface area contributed by atoms with Crippen LogP contribution in [0.2, 0.25) is 0 Å². The van der Waals surface area contributed by atoms with Crippen molar-refractivity contribution in [2.75, 3.05) is 31.1 Å². The number of pyridine rings is 1. The number of hydrogen-bond donors (Lipinski definition) is 2. The van der Waals surface area contributed by atoms with Gasteiger partial charge in [-0.2, -0.15) is 0 Å². The number of benzene rings is 1. The van der Waals surface area contributed by atoms with Crippen LogP contribution in [0, 0.1) is 0 Å². The minimum atomic E-state index is -0.317. The molecule has 0 spiro atoms. The van der Waals surface area contributed by atoms with Crippen LogP contribution in [0.25, 0.3) is 0 Å². The molecular weight excluding hydrogens is 416 g/mol. The Morgan fingerprint density at radius 3 is 2.39 bits per heavy atom. The molecule has 4 rings (SSSR count). The van der Waals surface area contributed by atoms with Crippen molar-refractivity contribution in [3.63, 3.8) is 0 Å². The van der Waals surface area contributed by atoms with Crippen LogP contribution in [0.15, 0.2) is 42.7 Å². The summed E-state index contributed by atoms with van der Waals surface area (Å²) in [6.07, 6.45) is 9.71. The Labute approximate surface area is 195 Å². The molecule has 2 N–H and O–H groups in total. The van der Waals surface area contributed by atoms with E-state index in [0.29, 0.717) is 50.1 Å². The highest BCUT2D eigenvalue weighted by Crippen LogP contribution is 2.27. The summed E-state index contributed by atoms with van der Waals surface area (Å²) in [5.74, 6) is -0.0531. The lowest BCUT2D eigenvalue weighted by molar-refractivity contribution is 0.0546. The van der Waals surface area contributed by atoms with Gasteiger partial charge in [0.05, 0.1) is 6.10 Å². The maximum atomic E-state index is 13.5. The van der Waals surface area contributed by atoms with Crippen LogP contribution in [0.3, 0.4) is 0 Å². The van der Waals surface area contributed by atoms with E-state index in [1.807, 2.05) is 28.0 Å². The number of aliphatic hydroxyl groups excluding tert-OH is 1. The molecule has 3 heterocycles. The van der Waals surface area contributed by atoms with Crippen LogP contribution in [-0.4, -0.2) is 59.1 Å². The third-order valence-corrected chi connectivity index (χ3v) is 6.59. The number of aliphatic hydroxyl groups is 1. The average molecular weight is 451 g/mol. The first kappa shape index (κ1) is 23.4. The Hall–Kier alpha value is -2.77. The van der Waals surface area contributed by atoms with Gasteiger partial charge in [0.15, 0.2) is 0 Å². The van der Waals surface area contributed by atoms with Crippen LogP contribution in [0.1, 0.15) is 71.2 Å². The van der Waals surface area contributed by atoms with Crippen molar-refractivity contribution < 1.29 is 14.7 Å². The summed E-state index contributed by atoms with van der Waals surface area (Å²) in [6.45, 7) is 3.31. The fraction of sp³-hybridized carbons (Fsp3) is 0.500. The molecule has 33 heavy (non-hydrogen) atoms. The number of rotatable bonds is 2. The molecule has 0 unspecified atom stereocenters. The zero-order valence-electron chi connectivity index (χ0n) is 19.2. The van der Waals surface area contributed by atoms with Gasteiger partial charge in [0.25, 0.3) is 11.8 Å². The molecule has 2 aliphatic rings. The molecule has 1 fully saturated rings. The molecule has 0 atom stereocenters. The van der Waals surface area contributed by atoms with E-state index in [1.165, 1.54) is 12.8 Å². The van der Waals surface area contributed by atoms with Gasteiger partial charge >= 0.3 is 0 Å². The van der Waals surface area contributed by atoms with Crippen molar-refractivity contribution in [1.82, 2.24) is 15.2 Å². The lowest BCUT2D eigenvalue weighted by Crippen LogP contribution is -2.40. The van der Waals surface area contributed by atoms with Crippen LogP contribution in [0.4, 0.5) is 5.69 Å². The first-order valence-corrected chi connectivity index (χ1v) is 12.2. The average Bonchev–Trinajstić information content (AvgIpc) is 2.84. The molecule has 0 aliphatic carbocycles. The summed E-state index contributed by atoms with van der Waals surface area (Å²) >= 11 is 0. The predicted octanol–water partition coefficient (Wildman–Crippen LogP) is 3.38. The topological polar surface area (TPSA) is 85.8 Å². The maximum Gasteiger partial charge on any atom is 0.258 e. The van der Waals surface area contributed by atoms with Crippen molar-refractivity contribution in [3.8, 4) is 0 Å². The Kier molecular flexibility index (Phi) is 8.07. The third-order valence-electron chi connectivity index (χ3n) is 6.59. The van der Waals surface area contributed by atoms with Crippen LogP contribution in [-0.2, 0) is 6.54 Å². The molecular formula is C26H34N4O3. The fourth-order valence-corrected chi connectivity index (χ4v) is 4.63. The molecule has 1 aromatic heterocycles. The molecule has 7 nitrogen and oxygen atoms in total.